The molecule has 1 aromatic rings. The molecule has 1 saturated carbocycles. The standard InChI is InChI=1S/C16H23NOS2/c18-20-11-9-14(10-12-20)17-13-5-7-16(8-6-13)19-15-3-1-2-4-15/h5-8,14-15,17H,1-4,9-12H2. The molecule has 1 saturated heterocycles. The summed E-state index contributed by atoms with van der Waals surface area (Å²) in [6.07, 6.45) is 7.63. The van der Waals surface area contributed by atoms with Gasteiger partial charge in [-0.2, -0.15) is 0 Å². The van der Waals surface area contributed by atoms with E-state index in [0.717, 1.165) is 29.6 Å². The number of nitrogens with one attached hydrogen (secondary N) is 1. The van der Waals surface area contributed by atoms with E-state index >= 15 is 0 Å². The first-order chi connectivity index (χ1) is 9.79. The lowest BCUT2D eigenvalue weighted by Crippen LogP contribution is -2.29. The number of anilines is 1. The maximum atomic E-state index is 11.4. The molecule has 2 nitrogen and oxygen atoms in total. The van der Waals surface area contributed by atoms with Crippen LogP contribution in [0.15, 0.2) is 29.2 Å². The molecule has 0 amide bonds. The van der Waals surface area contributed by atoms with E-state index in [9.17, 15) is 4.21 Å². The van der Waals surface area contributed by atoms with E-state index in [0.29, 0.717) is 6.04 Å². The van der Waals surface area contributed by atoms with E-state index in [1.165, 1.54) is 36.3 Å². The van der Waals surface area contributed by atoms with Crippen molar-refractivity contribution in [1.82, 2.24) is 0 Å². The Labute approximate surface area is 128 Å². The van der Waals surface area contributed by atoms with Gasteiger partial charge in [-0.05, 0) is 49.9 Å². The van der Waals surface area contributed by atoms with E-state index in [1.54, 1.807) is 0 Å². The highest BCUT2D eigenvalue weighted by Gasteiger charge is 2.18. The molecule has 0 atom stereocenters. The van der Waals surface area contributed by atoms with Crippen molar-refractivity contribution < 1.29 is 4.21 Å². The van der Waals surface area contributed by atoms with E-state index in [-0.39, 0.29) is 0 Å². The molecule has 1 N–H and O–H groups in total. The van der Waals surface area contributed by atoms with Gasteiger partial charge in [-0.15, -0.1) is 11.8 Å². The second-order valence-electron chi connectivity index (χ2n) is 5.82. The van der Waals surface area contributed by atoms with Gasteiger partial charge in [0.05, 0.1) is 0 Å². The normalized spacial score (nSPS) is 27.6. The molecule has 3 rings (SSSR count). The highest BCUT2D eigenvalue weighted by atomic mass is 32.2. The highest BCUT2D eigenvalue weighted by molar-refractivity contribution is 8.00. The van der Waals surface area contributed by atoms with Crippen LogP contribution in [-0.2, 0) is 10.8 Å². The zero-order valence-corrected chi connectivity index (χ0v) is 13.5. The summed E-state index contributed by atoms with van der Waals surface area (Å²) in [5.41, 5.74) is 1.21. The molecule has 2 fully saturated rings. The number of hydrogen-bond donors (Lipinski definition) is 1. The fraction of sp³-hybridized carbons (Fsp3) is 0.625. The van der Waals surface area contributed by atoms with E-state index < -0.39 is 10.8 Å². The topological polar surface area (TPSA) is 29.1 Å². The first kappa shape index (κ1) is 14.5. The molecule has 0 bridgehead atoms. The Balaban J connectivity index is 1.51. The molecular formula is C16H23NOS2. The van der Waals surface area contributed by atoms with Crippen LogP contribution in [0.3, 0.4) is 0 Å². The third-order valence-corrected chi connectivity index (χ3v) is 6.95. The summed E-state index contributed by atoms with van der Waals surface area (Å²) in [6.45, 7) is 0. The predicted octanol–water partition coefficient (Wildman–Crippen LogP) is 4.04. The maximum Gasteiger partial charge on any atom is 0.0343 e. The molecule has 110 valence electrons. The molecule has 0 spiro atoms. The van der Waals surface area contributed by atoms with Crippen LogP contribution in [0.1, 0.15) is 38.5 Å². The van der Waals surface area contributed by atoms with Crippen LogP contribution in [0.25, 0.3) is 0 Å². The third-order valence-electron chi connectivity index (χ3n) is 4.22. The van der Waals surface area contributed by atoms with Crippen molar-refractivity contribution in [1.29, 1.82) is 0 Å². The van der Waals surface area contributed by atoms with Crippen LogP contribution in [0.4, 0.5) is 5.69 Å². The lowest BCUT2D eigenvalue weighted by Gasteiger charge is -2.23. The summed E-state index contributed by atoms with van der Waals surface area (Å²) in [7, 11) is -0.569. The van der Waals surface area contributed by atoms with Crippen LogP contribution in [-0.4, -0.2) is 27.0 Å². The molecule has 4 heteroatoms. The van der Waals surface area contributed by atoms with Gasteiger partial charge in [-0.1, -0.05) is 12.8 Å². The predicted molar refractivity (Wildman–Crippen MR) is 89.1 cm³/mol. The molecule has 1 aromatic carbocycles. The summed E-state index contributed by atoms with van der Waals surface area (Å²) in [6, 6.07) is 9.38. The van der Waals surface area contributed by atoms with Crippen molar-refractivity contribution in [2.24, 2.45) is 0 Å². The van der Waals surface area contributed by atoms with Gasteiger partial charge in [-0.3, -0.25) is 4.21 Å². The van der Waals surface area contributed by atoms with Crippen molar-refractivity contribution in [3.8, 4) is 0 Å². The quantitative estimate of drug-likeness (QED) is 0.910. The first-order valence-electron chi connectivity index (χ1n) is 7.68. The van der Waals surface area contributed by atoms with Crippen molar-refractivity contribution >= 4 is 28.2 Å². The molecule has 0 unspecified atom stereocenters. The summed E-state index contributed by atoms with van der Waals surface area (Å²) in [4.78, 5) is 1.40. The Hall–Kier alpha value is -0.480. The average molecular weight is 310 g/mol. The zero-order valence-electron chi connectivity index (χ0n) is 11.8. The summed E-state index contributed by atoms with van der Waals surface area (Å²) in [5.74, 6) is 1.71. The maximum absolute atomic E-state index is 11.4. The molecular weight excluding hydrogens is 286 g/mol. The highest BCUT2D eigenvalue weighted by Crippen LogP contribution is 2.35. The summed E-state index contributed by atoms with van der Waals surface area (Å²) in [5, 5.41) is 4.41. The molecule has 1 aliphatic carbocycles. The largest absolute Gasteiger partial charge is 0.382 e. The van der Waals surface area contributed by atoms with Crippen LogP contribution in [0, 0.1) is 0 Å². The van der Waals surface area contributed by atoms with Crippen LogP contribution in [0.5, 0.6) is 0 Å². The van der Waals surface area contributed by atoms with Crippen LogP contribution in [0.2, 0.25) is 0 Å². The fourth-order valence-corrected chi connectivity index (χ4v) is 5.55. The Bertz CT molecular complexity index is 444. The Kier molecular flexibility index (Phi) is 5.05. The number of hydrogen-bond acceptors (Lipinski definition) is 3. The molecule has 1 aliphatic heterocycles. The summed E-state index contributed by atoms with van der Waals surface area (Å²) < 4.78 is 11.4. The minimum absolute atomic E-state index is 0.501. The Morgan fingerprint density at radius 2 is 1.65 bits per heavy atom. The lowest BCUT2D eigenvalue weighted by atomic mass is 10.1. The van der Waals surface area contributed by atoms with Crippen molar-refractivity contribution in [2.45, 2.75) is 54.7 Å². The lowest BCUT2D eigenvalue weighted by molar-refractivity contribution is 0.624. The van der Waals surface area contributed by atoms with Gasteiger partial charge in [-0.25, -0.2) is 0 Å². The Morgan fingerprint density at radius 3 is 2.30 bits per heavy atom. The van der Waals surface area contributed by atoms with Gasteiger partial charge in [0.2, 0.25) is 0 Å². The van der Waals surface area contributed by atoms with Gasteiger partial charge >= 0.3 is 0 Å². The Morgan fingerprint density at radius 1 is 1.00 bits per heavy atom. The van der Waals surface area contributed by atoms with Gasteiger partial charge in [0, 0.05) is 44.2 Å². The zero-order chi connectivity index (χ0) is 13.8. The van der Waals surface area contributed by atoms with E-state index in [2.05, 4.69) is 29.6 Å². The smallest absolute Gasteiger partial charge is 0.0343 e. The second-order valence-corrected chi connectivity index (χ2v) is 8.89. The number of benzene rings is 1. The van der Waals surface area contributed by atoms with Gasteiger partial charge in [0.15, 0.2) is 0 Å². The molecule has 0 aromatic heterocycles. The monoisotopic (exact) mass is 309 g/mol. The molecule has 20 heavy (non-hydrogen) atoms. The van der Waals surface area contributed by atoms with E-state index in [1.807, 2.05) is 11.8 Å². The van der Waals surface area contributed by atoms with Crippen LogP contribution >= 0.6 is 11.8 Å². The average Bonchev–Trinajstić information content (AvgIpc) is 2.96. The minimum atomic E-state index is -0.569. The molecule has 0 radical (unpaired) electrons. The van der Waals surface area contributed by atoms with Crippen LogP contribution < -0.4 is 5.32 Å². The van der Waals surface area contributed by atoms with Gasteiger partial charge in [0.25, 0.3) is 0 Å². The third kappa shape index (κ3) is 4.01. The minimum Gasteiger partial charge on any atom is -0.382 e. The van der Waals surface area contributed by atoms with Gasteiger partial charge < -0.3 is 5.32 Å². The van der Waals surface area contributed by atoms with Gasteiger partial charge in [0.1, 0.15) is 0 Å². The van der Waals surface area contributed by atoms with Crippen molar-refractivity contribution in [3.63, 3.8) is 0 Å². The first-order valence-corrected chi connectivity index (χ1v) is 10.0. The molecule has 1 heterocycles. The van der Waals surface area contributed by atoms with Crippen molar-refractivity contribution in [2.75, 3.05) is 16.8 Å². The molecule has 2 aliphatic rings. The van der Waals surface area contributed by atoms with Crippen molar-refractivity contribution in [3.05, 3.63) is 24.3 Å². The fourth-order valence-electron chi connectivity index (χ4n) is 3.00. The number of thioether (sulfide) groups is 1. The SMILES string of the molecule is O=S1CCC(Nc2ccc(SC3CCCC3)cc2)CC1. The second kappa shape index (κ2) is 6.99. The summed E-state index contributed by atoms with van der Waals surface area (Å²) >= 11 is 2.04. The van der Waals surface area contributed by atoms with E-state index in [4.69, 9.17) is 0 Å². The number of rotatable bonds is 4.